The Labute approximate surface area is 122 Å². The first-order valence-electron chi connectivity index (χ1n) is 7.37. The molecule has 0 bridgehead atoms. The summed E-state index contributed by atoms with van der Waals surface area (Å²) in [5.74, 6) is 0.744. The van der Waals surface area contributed by atoms with Crippen molar-refractivity contribution in [2.24, 2.45) is 5.92 Å². The molecule has 0 radical (unpaired) electrons. The Balaban J connectivity index is 2.66. The monoisotopic (exact) mass is 283 g/mol. The molecule has 3 nitrogen and oxygen atoms in total. The van der Waals surface area contributed by atoms with Crippen LogP contribution in [0.5, 0.6) is 0 Å². The van der Waals surface area contributed by atoms with E-state index in [1.807, 2.05) is 11.3 Å². The van der Waals surface area contributed by atoms with Crippen LogP contribution in [0.2, 0.25) is 0 Å². The smallest absolute Gasteiger partial charge is 0.185 e. The quantitative estimate of drug-likeness (QED) is 0.782. The van der Waals surface area contributed by atoms with Crippen LogP contribution in [0, 0.1) is 12.8 Å². The molecule has 0 aliphatic carbocycles. The first kappa shape index (κ1) is 16.4. The zero-order valence-corrected chi connectivity index (χ0v) is 14.1. The van der Waals surface area contributed by atoms with Gasteiger partial charge >= 0.3 is 0 Å². The van der Waals surface area contributed by atoms with Crippen molar-refractivity contribution in [3.8, 4) is 0 Å². The first-order valence-corrected chi connectivity index (χ1v) is 8.19. The molecule has 1 aromatic rings. The number of hydrogen-bond donors (Lipinski definition) is 1. The second-order valence-corrected chi connectivity index (χ2v) is 6.74. The molecule has 19 heavy (non-hydrogen) atoms. The zero-order valence-electron chi connectivity index (χ0n) is 13.3. The summed E-state index contributed by atoms with van der Waals surface area (Å²) >= 11 is 1.83. The molecule has 0 aromatic carbocycles. The van der Waals surface area contributed by atoms with Crippen molar-refractivity contribution in [2.45, 2.75) is 53.5 Å². The summed E-state index contributed by atoms with van der Waals surface area (Å²) in [6, 6.07) is 0.407. The minimum atomic E-state index is 0.407. The average Bonchev–Trinajstić information content (AvgIpc) is 2.75. The molecule has 0 spiro atoms. The van der Waals surface area contributed by atoms with Gasteiger partial charge in [-0.2, -0.15) is 0 Å². The fourth-order valence-corrected chi connectivity index (χ4v) is 3.04. The number of hydrogen-bond acceptors (Lipinski definition) is 4. The van der Waals surface area contributed by atoms with Crippen LogP contribution in [0.1, 0.15) is 57.1 Å². The lowest BCUT2D eigenvalue weighted by atomic mass is 10.1. The van der Waals surface area contributed by atoms with E-state index in [-0.39, 0.29) is 0 Å². The maximum atomic E-state index is 4.72. The van der Waals surface area contributed by atoms with Crippen LogP contribution in [-0.2, 0) is 0 Å². The van der Waals surface area contributed by atoms with Crippen molar-refractivity contribution >= 4 is 16.5 Å². The van der Waals surface area contributed by atoms with E-state index in [1.165, 1.54) is 23.4 Å². The van der Waals surface area contributed by atoms with E-state index in [0.717, 1.165) is 24.1 Å². The van der Waals surface area contributed by atoms with Crippen LogP contribution >= 0.6 is 11.3 Å². The Morgan fingerprint density at radius 1 is 1.32 bits per heavy atom. The molecular weight excluding hydrogens is 254 g/mol. The van der Waals surface area contributed by atoms with Gasteiger partial charge in [-0.05, 0) is 39.2 Å². The fourth-order valence-electron chi connectivity index (χ4n) is 1.96. The summed E-state index contributed by atoms with van der Waals surface area (Å²) in [6.07, 6.45) is 2.39. The van der Waals surface area contributed by atoms with Crippen molar-refractivity contribution in [1.82, 2.24) is 10.3 Å². The van der Waals surface area contributed by atoms with Crippen LogP contribution in [-0.4, -0.2) is 25.1 Å². The number of nitrogens with one attached hydrogen (secondary N) is 1. The summed E-state index contributed by atoms with van der Waals surface area (Å²) in [5.41, 5.74) is 1.17. The Morgan fingerprint density at radius 2 is 2.00 bits per heavy atom. The van der Waals surface area contributed by atoms with Gasteiger partial charge in [0, 0.05) is 24.5 Å². The van der Waals surface area contributed by atoms with E-state index < -0.39 is 0 Å². The van der Waals surface area contributed by atoms with Gasteiger partial charge in [0.05, 0.1) is 5.69 Å². The van der Waals surface area contributed by atoms with Crippen molar-refractivity contribution in [3.05, 3.63) is 10.6 Å². The van der Waals surface area contributed by atoms with Gasteiger partial charge in [-0.3, -0.25) is 0 Å². The Hall–Kier alpha value is -0.610. The predicted molar refractivity (Wildman–Crippen MR) is 86.3 cm³/mol. The molecule has 110 valence electrons. The summed E-state index contributed by atoms with van der Waals surface area (Å²) in [6.45, 7) is 13.2. The highest BCUT2D eigenvalue weighted by atomic mass is 32.1. The maximum Gasteiger partial charge on any atom is 0.185 e. The van der Waals surface area contributed by atoms with Gasteiger partial charge in [0.1, 0.15) is 0 Å². The van der Waals surface area contributed by atoms with Crippen LogP contribution in [0.15, 0.2) is 0 Å². The summed E-state index contributed by atoms with van der Waals surface area (Å²) in [7, 11) is 2.15. The Morgan fingerprint density at radius 3 is 2.58 bits per heavy atom. The second-order valence-electron chi connectivity index (χ2n) is 5.73. The molecule has 1 aromatic heterocycles. The highest BCUT2D eigenvalue weighted by molar-refractivity contribution is 7.15. The third-order valence-electron chi connectivity index (χ3n) is 3.28. The molecule has 1 N–H and O–H groups in total. The highest BCUT2D eigenvalue weighted by Crippen LogP contribution is 2.30. The molecule has 0 saturated heterocycles. The molecule has 1 rings (SSSR count). The molecule has 0 aliphatic heterocycles. The molecule has 1 atom stereocenters. The van der Waals surface area contributed by atoms with E-state index in [2.05, 4.69) is 51.9 Å². The van der Waals surface area contributed by atoms with Crippen molar-refractivity contribution in [1.29, 1.82) is 0 Å². The van der Waals surface area contributed by atoms with Crippen molar-refractivity contribution < 1.29 is 0 Å². The highest BCUT2D eigenvalue weighted by Gasteiger charge is 2.15. The maximum absolute atomic E-state index is 4.72. The fraction of sp³-hybridized carbons (Fsp3) is 0.800. The van der Waals surface area contributed by atoms with E-state index in [4.69, 9.17) is 4.98 Å². The van der Waals surface area contributed by atoms with Crippen molar-refractivity contribution in [3.63, 3.8) is 0 Å². The molecule has 0 amide bonds. The Kier molecular flexibility index (Phi) is 6.80. The molecule has 4 heteroatoms. The number of aromatic nitrogens is 1. The largest absolute Gasteiger partial charge is 0.351 e. The van der Waals surface area contributed by atoms with Gasteiger partial charge < -0.3 is 10.2 Å². The third kappa shape index (κ3) is 5.11. The minimum absolute atomic E-state index is 0.407. The third-order valence-corrected chi connectivity index (χ3v) is 4.74. The standard InChI is InChI=1S/C15H29N3S/c1-7-9-16-12(4)14-13(5)17-15(19-14)18(6)10-8-11(2)3/h11-12,16H,7-10H2,1-6H3. The topological polar surface area (TPSA) is 28.2 Å². The molecule has 1 heterocycles. The molecule has 1 unspecified atom stereocenters. The van der Waals surface area contributed by atoms with Crippen LogP contribution < -0.4 is 10.2 Å². The van der Waals surface area contributed by atoms with E-state index in [9.17, 15) is 0 Å². The van der Waals surface area contributed by atoms with Gasteiger partial charge in [0.15, 0.2) is 5.13 Å². The van der Waals surface area contributed by atoms with E-state index >= 15 is 0 Å². The number of anilines is 1. The Bertz CT molecular complexity index is 373. The lowest BCUT2D eigenvalue weighted by molar-refractivity contribution is 0.575. The van der Waals surface area contributed by atoms with Crippen LogP contribution in [0.3, 0.4) is 0 Å². The number of aryl methyl sites for hydroxylation is 1. The SMILES string of the molecule is CCCNC(C)c1sc(N(C)CCC(C)C)nc1C. The van der Waals surface area contributed by atoms with Gasteiger partial charge in [0.25, 0.3) is 0 Å². The van der Waals surface area contributed by atoms with Gasteiger partial charge in [-0.15, -0.1) is 11.3 Å². The number of thiazole rings is 1. The van der Waals surface area contributed by atoms with Crippen LogP contribution in [0.25, 0.3) is 0 Å². The zero-order chi connectivity index (χ0) is 14.4. The summed E-state index contributed by atoms with van der Waals surface area (Å²) in [5, 5.41) is 4.69. The minimum Gasteiger partial charge on any atom is -0.351 e. The normalized spacial score (nSPS) is 13.0. The van der Waals surface area contributed by atoms with E-state index in [0.29, 0.717) is 6.04 Å². The van der Waals surface area contributed by atoms with Crippen molar-refractivity contribution in [2.75, 3.05) is 25.0 Å². The average molecular weight is 283 g/mol. The molecule has 0 fully saturated rings. The molecule has 0 saturated carbocycles. The number of nitrogens with zero attached hydrogens (tertiary/aromatic N) is 2. The lowest BCUT2D eigenvalue weighted by Gasteiger charge is -2.17. The van der Waals surface area contributed by atoms with Gasteiger partial charge in [-0.1, -0.05) is 20.8 Å². The predicted octanol–water partition coefficient (Wildman–Crippen LogP) is 3.99. The molecule has 0 aliphatic rings. The first-order chi connectivity index (χ1) is 8.95. The number of rotatable bonds is 8. The molecular formula is C15H29N3S. The summed E-state index contributed by atoms with van der Waals surface area (Å²) in [4.78, 5) is 8.38. The second kappa shape index (κ2) is 7.85. The van der Waals surface area contributed by atoms with E-state index in [1.54, 1.807) is 0 Å². The lowest BCUT2D eigenvalue weighted by Crippen LogP contribution is -2.19. The van der Waals surface area contributed by atoms with Gasteiger partial charge in [0.2, 0.25) is 0 Å². The van der Waals surface area contributed by atoms with Gasteiger partial charge in [-0.25, -0.2) is 4.98 Å². The summed E-state index contributed by atoms with van der Waals surface area (Å²) < 4.78 is 0. The van der Waals surface area contributed by atoms with Crippen LogP contribution in [0.4, 0.5) is 5.13 Å².